The molecule has 1 aromatic rings. The zero-order chi connectivity index (χ0) is 18.0. The summed E-state index contributed by atoms with van der Waals surface area (Å²) in [5.41, 5.74) is 1.80. The van der Waals surface area contributed by atoms with E-state index in [2.05, 4.69) is 0 Å². The third-order valence-corrected chi connectivity index (χ3v) is 5.88. The lowest BCUT2D eigenvalue weighted by molar-refractivity contribution is -0.133. The van der Waals surface area contributed by atoms with Crippen molar-refractivity contribution in [1.29, 1.82) is 0 Å². The first-order valence-corrected chi connectivity index (χ1v) is 9.14. The first kappa shape index (κ1) is 17.9. The van der Waals surface area contributed by atoms with Crippen molar-refractivity contribution in [3.63, 3.8) is 0 Å². The number of hydrogen-bond donors (Lipinski definition) is 0. The Morgan fingerprint density at radius 2 is 2.04 bits per heavy atom. The number of nitrogens with zero attached hydrogens (tertiary/aromatic N) is 2. The number of amides is 2. The Labute approximate surface area is 149 Å². The van der Waals surface area contributed by atoms with Gasteiger partial charge in [-0.15, -0.1) is 0 Å². The van der Waals surface area contributed by atoms with Crippen molar-refractivity contribution in [3.8, 4) is 0 Å². The minimum absolute atomic E-state index is 0.0491. The number of hydrogen-bond acceptors (Lipinski definition) is 3. The molecule has 1 spiro atoms. The Morgan fingerprint density at radius 1 is 1.32 bits per heavy atom. The molecule has 5 heteroatoms. The third-order valence-electron chi connectivity index (χ3n) is 5.88. The molecule has 3 rings (SSSR count). The van der Waals surface area contributed by atoms with Crippen LogP contribution in [0.4, 0.5) is 0 Å². The Bertz CT molecular complexity index is 650. The van der Waals surface area contributed by atoms with E-state index < -0.39 is 0 Å². The molecule has 0 aliphatic carbocycles. The van der Waals surface area contributed by atoms with Crippen molar-refractivity contribution in [2.24, 2.45) is 11.3 Å². The number of aryl methyl sites for hydroxylation is 1. The molecule has 0 aromatic heterocycles. The standard InChI is InChI=1S/C20H28N2O3/c1-4-21-14-20(17(13-25-3)19(21)24)8-10-22(11-9-20)18(23)16-7-5-6-15(2)12-16/h5-7,12,17H,4,8-11,13-14H2,1-3H3. The van der Waals surface area contributed by atoms with E-state index in [0.717, 1.165) is 37.1 Å². The molecule has 2 heterocycles. The van der Waals surface area contributed by atoms with Gasteiger partial charge in [-0.1, -0.05) is 17.7 Å². The van der Waals surface area contributed by atoms with Crippen molar-refractivity contribution >= 4 is 11.8 Å². The molecule has 2 fully saturated rings. The Balaban J connectivity index is 1.72. The molecule has 1 atom stereocenters. The van der Waals surface area contributed by atoms with Gasteiger partial charge in [0.2, 0.25) is 5.91 Å². The van der Waals surface area contributed by atoms with Gasteiger partial charge in [-0.05, 0) is 38.8 Å². The van der Waals surface area contributed by atoms with Gasteiger partial charge in [-0.3, -0.25) is 9.59 Å². The lowest BCUT2D eigenvalue weighted by Crippen LogP contribution is -2.47. The molecule has 0 radical (unpaired) electrons. The molecule has 2 aliphatic rings. The van der Waals surface area contributed by atoms with E-state index in [0.29, 0.717) is 19.7 Å². The molecule has 2 aliphatic heterocycles. The number of methoxy groups -OCH3 is 1. The molecular weight excluding hydrogens is 316 g/mol. The fourth-order valence-corrected chi connectivity index (χ4v) is 4.36. The largest absolute Gasteiger partial charge is 0.384 e. The summed E-state index contributed by atoms with van der Waals surface area (Å²) in [6.45, 7) is 7.45. The number of likely N-dealkylation sites (tertiary alicyclic amines) is 2. The van der Waals surface area contributed by atoms with Gasteiger partial charge in [-0.2, -0.15) is 0 Å². The Hall–Kier alpha value is -1.88. The van der Waals surface area contributed by atoms with E-state index in [1.54, 1.807) is 7.11 Å². The van der Waals surface area contributed by atoms with Crippen molar-refractivity contribution < 1.29 is 14.3 Å². The van der Waals surface area contributed by atoms with Gasteiger partial charge in [-0.25, -0.2) is 0 Å². The van der Waals surface area contributed by atoms with Crippen LogP contribution in [-0.2, 0) is 9.53 Å². The van der Waals surface area contributed by atoms with Crippen molar-refractivity contribution in [1.82, 2.24) is 9.80 Å². The van der Waals surface area contributed by atoms with Crippen LogP contribution in [0.15, 0.2) is 24.3 Å². The molecule has 5 nitrogen and oxygen atoms in total. The Kier molecular flexibility index (Phi) is 5.13. The second kappa shape index (κ2) is 7.16. The first-order valence-electron chi connectivity index (χ1n) is 9.14. The smallest absolute Gasteiger partial charge is 0.253 e. The van der Waals surface area contributed by atoms with E-state index in [-0.39, 0.29) is 23.1 Å². The maximum absolute atomic E-state index is 12.8. The SMILES string of the molecule is CCN1CC2(CCN(C(=O)c3cccc(C)c3)CC2)C(COC)C1=O. The fraction of sp³-hybridized carbons (Fsp3) is 0.600. The summed E-state index contributed by atoms with van der Waals surface area (Å²) in [5.74, 6) is 0.231. The van der Waals surface area contributed by atoms with E-state index in [1.807, 2.05) is 47.9 Å². The number of ether oxygens (including phenoxy) is 1. The highest BCUT2D eigenvalue weighted by Crippen LogP contribution is 2.45. The summed E-state index contributed by atoms with van der Waals surface area (Å²) in [6, 6.07) is 7.75. The number of carbonyl (C=O) groups is 2. The number of piperidine rings is 1. The summed E-state index contributed by atoms with van der Waals surface area (Å²) in [5, 5.41) is 0. The van der Waals surface area contributed by atoms with Crippen LogP contribution in [0.3, 0.4) is 0 Å². The second-order valence-electron chi connectivity index (χ2n) is 7.38. The van der Waals surface area contributed by atoms with Gasteiger partial charge >= 0.3 is 0 Å². The van der Waals surface area contributed by atoms with Crippen LogP contribution in [0.1, 0.15) is 35.7 Å². The maximum atomic E-state index is 12.8. The summed E-state index contributed by atoms with van der Waals surface area (Å²) < 4.78 is 5.35. The van der Waals surface area contributed by atoms with Crippen molar-refractivity contribution in [2.45, 2.75) is 26.7 Å². The van der Waals surface area contributed by atoms with Crippen LogP contribution in [0.5, 0.6) is 0 Å². The second-order valence-corrected chi connectivity index (χ2v) is 7.38. The highest BCUT2D eigenvalue weighted by Gasteiger charge is 2.52. The summed E-state index contributed by atoms with van der Waals surface area (Å²) in [6.07, 6.45) is 1.72. The number of rotatable bonds is 4. The van der Waals surface area contributed by atoms with E-state index >= 15 is 0 Å². The van der Waals surface area contributed by atoms with Crippen LogP contribution in [0.2, 0.25) is 0 Å². The van der Waals surface area contributed by atoms with E-state index in [1.165, 1.54) is 0 Å². The topological polar surface area (TPSA) is 49.9 Å². The molecule has 1 unspecified atom stereocenters. The summed E-state index contributed by atoms with van der Waals surface area (Å²) in [4.78, 5) is 29.3. The lowest BCUT2D eigenvalue weighted by atomic mass is 9.71. The molecule has 0 saturated carbocycles. The molecule has 0 N–H and O–H groups in total. The number of carbonyl (C=O) groups excluding carboxylic acids is 2. The predicted molar refractivity (Wildman–Crippen MR) is 96.4 cm³/mol. The van der Waals surface area contributed by atoms with E-state index in [9.17, 15) is 9.59 Å². The molecular formula is C20H28N2O3. The van der Waals surface area contributed by atoms with Crippen LogP contribution < -0.4 is 0 Å². The Morgan fingerprint density at radius 3 is 2.64 bits per heavy atom. The minimum Gasteiger partial charge on any atom is -0.384 e. The molecule has 2 amide bonds. The highest BCUT2D eigenvalue weighted by atomic mass is 16.5. The van der Waals surface area contributed by atoms with Gasteiger partial charge in [0.1, 0.15) is 0 Å². The maximum Gasteiger partial charge on any atom is 0.253 e. The monoisotopic (exact) mass is 344 g/mol. The van der Waals surface area contributed by atoms with E-state index in [4.69, 9.17) is 4.74 Å². The average molecular weight is 344 g/mol. The van der Waals surface area contributed by atoms with Crippen LogP contribution in [0.25, 0.3) is 0 Å². The van der Waals surface area contributed by atoms with Gasteiger partial charge < -0.3 is 14.5 Å². The molecule has 1 aromatic carbocycles. The zero-order valence-corrected chi connectivity index (χ0v) is 15.5. The minimum atomic E-state index is -0.0753. The van der Waals surface area contributed by atoms with Crippen molar-refractivity contribution in [2.75, 3.05) is 39.9 Å². The van der Waals surface area contributed by atoms with Crippen LogP contribution >= 0.6 is 0 Å². The average Bonchev–Trinajstić information content (AvgIpc) is 2.88. The van der Waals surface area contributed by atoms with Crippen molar-refractivity contribution in [3.05, 3.63) is 35.4 Å². The normalized spacial score (nSPS) is 22.7. The quantitative estimate of drug-likeness (QED) is 0.842. The molecule has 136 valence electrons. The number of benzene rings is 1. The molecule has 2 saturated heterocycles. The van der Waals surface area contributed by atoms with Gasteiger partial charge in [0.15, 0.2) is 0 Å². The molecule has 0 bridgehead atoms. The third kappa shape index (κ3) is 3.30. The summed E-state index contributed by atoms with van der Waals surface area (Å²) in [7, 11) is 1.66. The van der Waals surface area contributed by atoms with Gasteiger partial charge in [0.05, 0.1) is 12.5 Å². The van der Waals surface area contributed by atoms with Crippen LogP contribution in [-0.4, -0.2) is 61.5 Å². The first-order chi connectivity index (χ1) is 12.0. The zero-order valence-electron chi connectivity index (χ0n) is 15.5. The fourth-order valence-electron chi connectivity index (χ4n) is 4.36. The predicted octanol–water partition coefficient (Wildman–Crippen LogP) is 2.34. The highest BCUT2D eigenvalue weighted by molar-refractivity contribution is 5.94. The van der Waals surface area contributed by atoms with Gasteiger partial charge in [0, 0.05) is 44.3 Å². The van der Waals surface area contributed by atoms with Gasteiger partial charge in [0.25, 0.3) is 5.91 Å². The lowest BCUT2D eigenvalue weighted by Gasteiger charge is -2.41. The summed E-state index contributed by atoms with van der Waals surface area (Å²) >= 11 is 0. The van der Waals surface area contributed by atoms with Crippen LogP contribution in [0, 0.1) is 18.3 Å². The molecule has 25 heavy (non-hydrogen) atoms.